The van der Waals surface area contributed by atoms with Gasteiger partial charge in [-0.05, 0) is 25.1 Å². The first-order valence-corrected chi connectivity index (χ1v) is 8.44. The number of nitrogens with two attached hydrogens (primary N) is 1. The number of piperazine rings is 1. The third kappa shape index (κ3) is 4.80. The summed E-state index contributed by atoms with van der Waals surface area (Å²) in [6.45, 7) is 5.73. The summed E-state index contributed by atoms with van der Waals surface area (Å²) in [6, 6.07) is 4.94. The van der Waals surface area contributed by atoms with Crippen LogP contribution in [-0.4, -0.2) is 68.1 Å². The zero-order valence-corrected chi connectivity index (χ0v) is 16.5. The van der Waals surface area contributed by atoms with E-state index in [9.17, 15) is 9.59 Å². The second-order valence-electron chi connectivity index (χ2n) is 6.34. The molecular formula is C18H28ClN3O4. The molecule has 0 bridgehead atoms. The van der Waals surface area contributed by atoms with Gasteiger partial charge in [-0.1, -0.05) is 6.92 Å². The quantitative estimate of drug-likeness (QED) is 0.827. The standard InChI is InChI=1S/C18H27N3O4.ClH/c1-12(13(2)19)17(22)20-7-9-21(10-8-20)18(23)14-5-6-15(24-3)16(11-14)25-4;/h5-6,11-13H,7-10,19H2,1-4H3;1H. The lowest BCUT2D eigenvalue weighted by atomic mass is 10.0. The van der Waals surface area contributed by atoms with E-state index >= 15 is 0 Å². The predicted octanol–water partition coefficient (Wildman–Crippen LogP) is 1.39. The van der Waals surface area contributed by atoms with Crippen molar-refractivity contribution in [2.24, 2.45) is 11.7 Å². The van der Waals surface area contributed by atoms with E-state index in [-0.39, 0.29) is 36.2 Å². The minimum Gasteiger partial charge on any atom is -0.493 e. The van der Waals surface area contributed by atoms with Crippen LogP contribution in [0.5, 0.6) is 11.5 Å². The Balaban J connectivity index is 0.00000338. The molecule has 1 aliphatic rings. The van der Waals surface area contributed by atoms with Crippen molar-refractivity contribution in [2.45, 2.75) is 19.9 Å². The normalized spacial score (nSPS) is 16.3. The number of benzene rings is 1. The van der Waals surface area contributed by atoms with Crippen molar-refractivity contribution >= 4 is 24.2 Å². The minimum atomic E-state index is -0.215. The highest BCUT2D eigenvalue weighted by atomic mass is 35.5. The highest BCUT2D eigenvalue weighted by molar-refractivity contribution is 5.95. The van der Waals surface area contributed by atoms with Crippen molar-refractivity contribution in [3.8, 4) is 11.5 Å². The highest BCUT2D eigenvalue weighted by Gasteiger charge is 2.28. The summed E-state index contributed by atoms with van der Waals surface area (Å²) in [5.74, 6) is 0.863. The fourth-order valence-corrected chi connectivity index (χ4v) is 2.79. The van der Waals surface area contributed by atoms with Gasteiger partial charge in [-0.2, -0.15) is 0 Å². The van der Waals surface area contributed by atoms with E-state index < -0.39 is 0 Å². The largest absolute Gasteiger partial charge is 0.493 e. The molecule has 1 aromatic rings. The van der Waals surface area contributed by atoms with Crippen molar-refractivity contribution in [3.05, 3.63) is 23.8 Å². The van der Waals surface area contributed by atoms with Crippen molar-refractivity contribution in [1.82, 2.24) is 9.80 Å². The Labute approximate surface area is 160 Å². The second kappa shape index (κ2) is 9.64. The van der Waals surface area contributed by atoms with Gasteiger partial charge in [0.05, 0.1) is 20.1 Å². The third-order valence-electron chi connectivity index (χ3n) is 4.69. The van der Waals surface area contributed by atoms with Gasteiger partial charge in [0.2, 0.25) is 5.91 Å². The summed E-state index contributed by atoms with van der Waals surface area (Å²) in [5.41, 5.74) is 6.35. The van der Waals surface area contributed by atoms with Crippen LogP contribution in [-0.2, 0) is 4.79 Å². The van der Waals surface area contributed by atoms with E-state index in [0.29, 0.717) is 43.2 Å². The number of rotatable bonds is 5. The summed E-state index contributed by atoms with van der Waals surface area (Å²) in [4.78, 5) is 28.6. The molecule has 0 aliphatic carbocycles. The van der Waals surface area contributed by atoms with Crippen LogP contribution in [0.1, 0.15) is 24.2 Å². The topological polar surface area (TPSA) is 85.1 Å². The number of halogens is 1. The maximum Gasteiger partial charge on any atom is 0.254 e. The molecule has 2 unspecified atom stereocenters. The first kappa shape index (κ1) is 22.1. The molecule has 2 rings (SSSR count). The molecular weight excluding hydrogens is 358 g/mol. The van der Waals surface area contributed by atoms with E-state index in [0.717, 1.165) is 0 Å². The SMILES string of the molecule is COc1ccc(C(=O)N2CCN(C(=O)C(C)C(C)N)CC2)cc1OC.Cl. The molecule has 1 aliphatic heterocycles. The monoisotopic (exact) mass is 385 g/mol. The molecule has 2 atom stereocenters. The van der Waals surface area contributed by atoms with Crippen LogP contribution in [0, 0.1) is 5.92 Å². The summed E-state index contributed by atoms with van der Waals surface area (Å²) < 4.78 is 10.4. The lowest BCUT2D eigenvalue weighted by Crippen LogP contribution is -2.53. The number of amides is 2. The van der Waals surface area contributed by atoms with E-state index in [1.165, 1.54) is 7.11 Å². The minimum absolute atomic E-state index is 0. The summed E-state index contributed by atoms with van der Waals surface area (Å²) in [6.07, 6.45) is 0. The van der Waals surface area contributed by atoms with Crippen LogP contribution in [0.3, 0.4) is 0 Å². The number of methoxy groups -OCH3 is 2. The van der Waals surface area contributed by atoms with Crippen molar-refractivity contribution in [3.63, 3.8) is 0 Å². The molecule has 0 spiro atoms. The molecule has 2 amide bonds. The van der Waals surface area contributed by atoms with Crippen LogP contribution < -0.4 is 15.2 Å². The molecule has 1 saturated heterocycles. The maximum absolute atomic E-state index is 12.7. The molecule has 146 valence electrons. The van der Waals surface area contributed by atoms with Gasteiger partial charge in [-0.15, -0.1) is 12.4 Å². The number of hydrogen-bond acceptors (Lipinski definition) is 5. The van der Waals surface area contributed by atoms with Gasteiger partial charge in [-0.25, -0.2) is 0 Å². The van der Waals surface area contributed by atoms with Crippen molar-refractivity contribution in [2.75, 3.05) is 40.4 Å². The van der Waals surface area contributed by atoms with Gasteiger partial charge < -0.3 is 25.0 Å². The number of hydrogen-bond donors (Lipinski definition) is 1. The average molecular weight is 386 g/mol. The Kier molecular flexibility index (Phi) is 8.17. The third-order valence-corrected chi connectivity index (χ3v) is 4.69. The molecule has 8 heteroatoms. The predicted molar refractivity (Wildman–Crippen MR) is 102 cm³/mol. The van der Waals surface area contributed by atoms with Crippen LogP contribution >= 0.6 is 12.4 Å². The highest BCUT2D eigenvalue weighted by Crippen LogP contribution is 2.28. The number of carbonyl (C=O) groups is 2. The Hall–Kier alpha value is -1.99. The first-order valence-electron chi connectivity index (χ1n) is 8.44. The Morgan fingerprint density at radius 3 is 2.04 bits per heavy atom. The van der Waals surface area contributed by atoms with Crippen LogP contribution in [0.4, 0.5) is 0 Å². The molecule has 1 fully saturated rings. The van der Waals surface area contributed by atoms with Gasteiger partial charge in [0.25, 0.3) is 5.91 Å². The smallest absolute Gasteiger partial charge is 0.254 e. The molecule has 1 aromatic carbocycles. The molecule has 26 heavy (non-hydrogen) atoms. The van der Waals surface area contributed by atoms with Crippen molar-refractivity contribution < 1.29 is 19.1 Å². The van der Waals surface area contributed by atoms with Crippen LogP contribution in [0.2, 0.25) is 0 Å². The van der Waals surface area contributed by atoms with Gasteiger partial charge in [0.1, 0.15) is 0 Å². The first-order chi connectivity index (χ1) is 11.9. The van der Waals surface area contributed by atoms with Gasteiger partial charge in [-0.3, -0.25) is 9.59 Å². The van der Waals surface area contributed by atoms with Gasteiger partial charge in [0.15, 0.2) is 11.5 Å². The Morgan fingerprint density at radius 2 is 1.54 bits per heavy atom. The number of ether oxygens (including phenoxy) is 2. The molecule has 7 nitrogen and oxygen atoms in total. The van der Waals surface area contributed by atoms with Crippen molar-refractivity contribution in [1.29, 1.82) is 0 Å². The fourth-order valence-electron chi connectivity index (χ4n) is 2.79. The fraction of sp³-hybridized carbons (Fsp3) is 0.556. The molecule has 2 N–H and O–H groups in total. The van der Waals surface area contributed by atoms with E-state index in [1.54, 1.807) is 35.1 Å². The molecule has 0 saturated carbocycles. The second-order valence-corrected chi connectivity index (χ2v) is 6.34. The zero-order chi connectivity index (χ0) is 18.6. The summed E-state index contributed by atoms with van der Waals surface area (Å²) in [5, 5.41) is 0. The van der Waals surface area contributed by atoms with Gasteiger partial charge in [0, 0.05) is 37.8 Å². The van der Waals surface area contributed by atoms with E-state index in [2.05, 4.69) is 0 Å². The van der Waals surface area contributed by atoms with Crippen LogP contribution in [0.15, 0.2) is 18.2 Å². The van der Waals surface area contributed by atoms with Crippen LogP contribution in [0.25, 0.3) is 0 Å². The lowest BCUT2D eigenvalue weighted by molar-refractivity contribution is -0.137. The maximum atomic E-state index is 12.7. The zero-order valence-electron chi connectivity index (χ0n) is 15.7. The average Bonchev–Trinajstić information content (AvgIpc) is 2.65. The van der Waals surface area contributed by atoms with Gasteiger partial charge >= 0.3 is 0 Å². The Morgan fingerprint density at radius 1 is 1.00 bits per heavy atom. The summed E-state index contributed by atoms with van der Waals surface area (Å²) >= 11 is 0. The lowest BCUT2D eigenvalue weighted by Gasteiger charge is -2.36. The van der Waals surface area contributed by atoms with E-state index in [1.807, 2.05) is 13.8 Å². The number of carbonyl (C=O) groups excluding carboxylic acids is 2. The number of nitrogens with zero attached hydrogens (tertiary/aromatic N) is 2. The van der Waals surface area contributed by atoms with E-state index in [4.69, 9.17) is 15.2 Å². The summed E-state index contributed by atoms with van der Waals surface area (Å²) in [7, 11) is 3.09. The molecule has 0 radical (unpaired) electrons. The molecule has 1 heterocycles. The molecule has 0 aromatic heterocycles. The Bertz CT molecular complexity index is 631.